The molecule has 8 heteroatoms. The smallest absolute Gasteiger partial charge is 0.351 e. The van der Waals surface area contributed by atoms with Gasteiger partial charge in [0.05, 0.1) is 7.11 Å². The van der Waals surface area contributed by atoms with Crippen molar-refractivity contribution in [1.29, 1.82) is 0 Å². The molecule has 0 saturated carbocycles. The van der Waals surface area contributed by atoms with Crippen LogP contribution in [0.25, 0.3) is 0 Å². The lowest BCUT2D eigenvalue weighted by atomic mass is 10.3. The van der Waals surface area contributed by atoms with Crippen LogP contribution in [0.3, 0.4) is 0 Å². The largest absolute Gasteiger partial charge is 0.465 e. The number of anilines is 2. The van der Waals surface area contributed by atoms with E-state index in [1.54, 1.807) is 0 Å². The number of hydrogen-bond acceptors (Lipinski definition) is 5. The van der Waals surface area contributed by atoms with E-state index in [0.717, 1.165) is 11.3 Å². The maximum absolute atomic E-state index is 13.2. The Bertz CT molecular complexity index is 613. The molecule has 0 spiro atoms. The molecule has 0 bridgehead atoms. The van der Waals surface area contributed by atoms with Crippen LogP contribution in [0, 0.1) is 5.82 Å². The molecule has 1 N–H and O–H groups in total. The maximum atomic E-state index is 13.2. The molecule has 0 aliphatic carbocycles. The summed E-state index contributed by atoms with van der Waals surface area (Å²) < 4.78 is 17.7. The number of carbonyl (C=O) groups excluding carboxylic acids is 1. The van der Waals surface area contributed by atoms with Gasteiger partial charge in [0.25, 0.3) is 0 Å². The van der Waals surface area contributed by atoms with Crippen LogP contribution >= 0.6 is 34.5 Å². The third-order valence-electron chi connectivity index (χ3n) is 2.07. The molecule has 0 saturated heterocycles. The van der Waals surface area contributed by atoms with E-state index in [4.69, 9.17) is 23.2 Å². The van der Waals surface area contributed by atoms with Crippen molar-refractivity contribution in [3.05, 3.63) is 39.1 Å². The van der Waals surface area contributed by atoms with Crippen molar-refractivity contribution in [2.45, 2.75) is 0 Å². The molecule has 100 valence electrons. The number of methoxy groups -OCH3 is 1. The molecular weight excluding hydrogens is 314 g/mol. The van der Waals surface area contributed by atoms with Gasteiger partial charge in [-0.1, -0.05) is 34.5 Å². The predicted molar refractivity (Wildman–Crippen MR) is 73.2 cm³/mol. The fourth-order valence-corrected chi connectivity index (χ4v) is 2.67. The van der Waals surface area contributed by atoms with E-state index in [-0.39, 0.29) is 15.1 Å². The highest BCUT2D eigenvalue weighted by Gasteiger charge is 2.17. The van der Waals surface area contributed by atoms with Crippen LogP contribution in [0.2, 0.25) is 10.2 Å². The highest BCUT2D eigenvalue weighted by Crippen LogP contribution is 2.30. The predicted octanol–water partition coefficient (Wildman–Crippen LogP) is 4.12. The zero-order valence-corrected chi connectivity index (χ0v) is 11.9. The van der Waals surface area contributed by atoms with Crippen LogP contribution in [0.5, 0.6) is 0 Å². The molecule has 1 heterocycles. The minimum atomic E-state index is -0.576. The van der Waals surface area contributed by atoms with Gasteiger partial charge < -0.3 is 10.1 Å². The summed E-state index contributed by atoms with van der Waals surface area (Å²) in [5.41, 5.74) is 0.409. The quantitative estimate of drug-likeness (QED) is 0.864. The average Bonchev–Trinajstić information content (AvgIpc) is 2.68. The first-order valence-corrected chi connectivity index (χ1v) is 6.54. The van der Waals surface area contributed by atoms with Crippen molar-refractivity contribution in [3.63, 3.8) is 0 Å². The molecule has 0 unspecified atom stereocenters. The van der Waals surface area contributed by atoms with Gasteiger partial charge >= 0.3 is 5.97 Å². The second-order valence-electron chi connectivity index (χ2n) is 3.41. The molecule has 2 aromatic rings. The van der Waals surface area contributed by atoms with Crippen molar-refractivity contribution in [2.75, 3.05) is 12.4 Å². The molecule has 2 rings (SSSR count). The van der Waals surface area contributed by atoms with Crippen LogP contribution in [0.15, 0.2) is 18.2 Å². The van der Waals surface area contributed by atoms with E-state index in [9.17, 15) is 9.18 Å². The number of esters is 1. The third kappa shape index (κ3) is 3.34. The van der Waals surface area contributed by atoms with E-state index >= 15 is 0 Å². The minimum Gasteiger partial charge on any atom is -0.465 e. The third-order valence-corrected chi connectivity index (χ3v) is 3.63. The minimum absolute atomic E-state index is 0.0295. The van der Waals surface area contributed by atoms with Crippen LogP contribution in [-0.2, 0) is 4.74 Å². The maximum Gasteiger partial charge on any atom is 0.351 e. The molecule has 0 amide bonds. The van der Waals surface area contributed by atoms with E-state index in [2.05, 4.69) is 15.0 Å². The summed E-state index contributed by atoms with van der Waals surface area (Å²) in [6.45, 7) is 0. The lowest BCUT2D eigenvalue weighted by Gasteiger charge is -2.02. The van der Waals surface area contributed by atoms with Gasteiger partial charge in [0, 0.05) is 10.7 Å². The number of halogens is 3. The van der Waals surface area contributed by atoms with Gasteiger partial charge in [-0.3, -0.25) is 0 Å². The summed E-state index contributed by atoms with van der Waals surface area (Å²) in [6.07, 6.45) is 0. The second kappa shape index (κ2) is 5.73. The summed E-state index contributed by atoms with van der Waals surface area (Å²) in [6, 6.07) is 3.96. The average molecular weight is 321 g/mol. The summed E-state index contributed by atoms with van der Waals surface area (Å²) >= 11 is 12.5. The summed E-state index contributed by atoms with van der Waals surface area (Å²) in [5, 5.41) is 3.43. The molecular formula is C11H7Cl2FN2O2S. The van der Waals surface area contributed by atoms with Gasteiger partial charge in [0.1, 0.15) is 5.82 Å². The molecule has 19 heavy (non-hydrogen) atoms. The number of carbonyl (C=O) groups is 1. The van der Waals surface area contributed by atoms with Crippen LogP contribution in [0.4, 0.5) is 15.2 Å². The van der Waals surface area contributed by atoms with Crippen molar-refractivity contribution in [3.8, 4) is 0 Å². The zero-order valence-electron chi connectivity index (χ0n) is 9.54. The number of benzene rings is 1. The number of aromatic nitrogens is 1. The van der Waals surface area contributed by atoms with Gasteiger partial charge in [0.15, 0.2) is 15.2 Å². The zero-order chi connectivity index (χ0) is 14.0. The van der Waals surface area contributed by atoms with Gasteiger partial charge in [0.2, 0.25) is 0 Å². The number of hydrogen-bond donors (Lipinski definition) is 1. The SMILES string of the molecule is COC(=O)c1sc(Nc2cc(F)cc(Cl)c2)nc1Cl. The number of thiazole rings is 1. The fourth-order valence-electron chi connectivity index (χ4n) is 1.32. The van der Waals surface area contributed by atoms with Crippen LogP contribution in [0.1, 0.15) is 9.67 Å². The molecule has 1 aromatic heterocycles. The fraction of sp³-hybridized carbons (Fsp3) is 0.0909. The van der Waals surface area contributed by atoms with Gasteiger partial charge in [-0.25, -0.2) is 14.2 Å². The number of nitrogens with one attached hydrogen (secondary N) is 1. The van der Waals surface area contributed by atoms with Crippen LogP contribution in [-0.4, -0.2) is 18.1 Å². The van der Waals surface area contributed by atoms with E-state index < -0.39 is 11.8 Å². The Hall–Kier alpha value is -1.37. The Balaban J connectivity index is 2.26. The molecule has 0 aliphatic heterocycles. The van der Waals surface area contributed by atoms with Crippen molar-refractivity contribution >= 4 is 51.3 Å². The Morgan fingerprint density at radius 3 is 2.79 bits per heavy atom. The number of ether oxygens (including phenoxy) is 1. The lowest BCUT2D eigenvalue weighted by Crippen LogP contribution is -1.98. The number of nitrogens with zero attached hydrogens (tertiary/aromatic N) is 1. The van der Waals surface area contributed by atoms with E-state index in [1.807, 2.05) is 0 Å². The Morgan fingerprint density at radius 1 is 1.42 bits per heavy atom. The van der Waals surface area contributed by atoms with Crippen molar-refractivity contribution in [1.82, 2.24) is 4.98 Å². The first-order chi connectivity index (χ1) is 8.99. The van der Waals surface area contributed by atoms with Crippen molar-refractivity contribution in [2.24, 2.45) is 0 Å². The normalized spacial score (nSPS) is 10.3. The first-order valence-electron chi connectivity index (χ1n) is 4.97. The molecule has 1 aromatic carbocycles. The number of rotatable bonds is 3. The second-order valence-corrected chi connectivity index (χ2v) is 5.21. The Labute approximate surface area is 122 Å². The monoisotopic (exact) mass is 320 g/mol. The molecule has 4 nitrogen and oxygen atoms in total. The van der Waals surface area contributed by atoms with Gasteiger partial charge in [-0.05, 0) is 18.2 Å². The summed E-state index contributed by atoms with van der Waals surface area (Å²) in [4.78, 5) is 15.5. The van der Waals surface area contributed by atoms with Gasteiger partial charge in [-0.15, -0.1) is 0 Å². The first kappa shape index (κ1) is 14.0. The Kier molecular flexibility index (Phi) is 4.24. The molecule has 0 radical (unpaired) electrons. The lowest BCUT2D eigenvalue weighted by molar-refractivity contribution is 0.0606. The van der Waals surface area contributed by atoms with Crippen LogP contribution < -0.4 is 5.32 Å². The summed E-state index contributed by atoms with van der Waals surface area (Å²) in [5.74, 6) is -1.06. The van der Waals surface area contributed by atoms with Crippen molar-refractivity contribution < 1.29 is 13.9 Å². The topological polar surface area (TPSA) is 51.2 Å². The molecule has 0 atom stereocenters. The molecule has 0 fully saturated rings. The van der Waals surface area contributed by atoms with E-state index in [0.29, 0.717) is 10.8 Å². The van der Waals surface area contributed by atoms with E-state index in [1.165, 1.54) is 25.3 Å². The standard InChI is InChI=1S/C11H7Cl2FN2O2S/c1-18-10(17)8-9(13)16-11(19-8)15-7-3-5(12)2-6(14)4-7/h2-4H,1H3,(H,15,16). The Morgan fingerprint density at radius 2 is 2.16 bits per heavy atom. The summed E-state index contributed by atoms with van der Waals surface area (Å²) in [7, 11) is 1.25. The molecule has 0 aliphatic rings. The van der Waals surface area contributed by atoms with Gasteiger partial charge in [-0.2, -0.15) is 0 Å². The highest BCUT2D eigenvalue weighted by molar-refractivity contribution is 7.18. The highest BCUT2D eigenvalue weighted by atomic mass is 35.5.